The predicted molar refractivity (Wildman–Crippen MR) is 84.5 cm³/mol. The highest BCUT2D eigenvalue weighted by Crippen LogP contribution is 2.31. The lowest BCUT2D eigenvalue weighted by atomic mass is 10.2. The molecule has 0 aliphatic rings. The van der Waals surface area contributed by atoms with Gasteiger partial charge in [-0.15, -0.1) is 10.2 Å². The van der Waals surface area contributed by atoms with Crippen molar-refractivity contribution in [3.63, 3.8) is 0 Å². The first-order chi connectivity index (χ1) is 11.1. The monoisotopic (exact) mass is 348 g/mol. The molecule has 0 radical (unpaired) electrons. The summed E-state index contributed by atoms with van der Waals surface area (Å²) in [7, 11) is 0. The van der Waals surface area contributed by atoms with Crippen LogP contribution in [0, 0.1) is 11.6 Å². The molecule has 0 amide bonds. The predicted octanol–water partition coefficient (Wildman–Crippen LogP) is 4.45. The Kier molecular flexibility index (Phi) is 3.32. The van der Waals surface area contributed by atoms with Gasteiger partial charge in [-0.3, -0.25) is 0 Å². The van der Waals surface area contributed by atoms with Crippen molar-refractivity contribution in [2.75, 3.05) is 0 Å². The molecular formula is C15H7ClF2N4S. The first kappa shape index (κ1) is 14.2. The molecule has 2 aromatic heterocycles. The van der Waals surface area contributed by atoms with Gasteiger partial charge in [-0.25, -0.2) is 8.78 Å². The molecule has 0 atom stereocenters. The topological polar surface area (TPSA) is 43.1 Å². The van der Waals surface area contributed by atoms with Crippen LogP contribution >= 0.6 is 22.9 Å². The molecule has 4 rings (SSSR count). The van der Waals surface area contributed by atoms with Crippen molar-refractivity contribution < 1.29 is 8.78 Å². The molecule has 0 N–H and O–H groups in total. The SMILES string of the molecule is Fc1ccc(-c2nn3c(-c4ccccc4Cl)nnc3s2)c(F)c1. The Labute approximate surface area is 138 Å². The van der Waals surface area contributed by atoms with Crippen molar-refractivity contribution in [1.29, 1.82) is 0 Å². The highest BCUT2D eigenvalue weighted by Gasteiger charge is 2.18. The average molecular weight is 349 g/mol. The second kappa shape index (κ2) is 5.36. The van der Waals surface area contributed by atoms with E-state index in [0.29, 0.717) is 26.4 Å². The quantitative estimate of drug-likeness (QED) is 0.537. The van der Waals surface area contributed by atoms with E-state index in [1.54, 1.807) is 12.1 Å². The molecule has 23 heavy (non-hydrogen) atoms. The molecule has 0 aliphatic heterocycles. The molecule has 0 bridgehead atoms. The fourth-order valence-electron chi connectivity index (χ4n) is 2.20. The molecule has 4 aromatic rings. The van der Waals surface area contributed by atoms with Crippen LogP contribution in [0.15, 0.2) is 42.5 Å². The van der Waals surface area contributed by atoms with Crippen LogP contribution in [-0.4, -0.2) is 19.8 Å². The molecule has 0 saturated carbocycles. The summed E-state index contributed by atoms with van der Waals surface area (Å²) in [4.78, 5) is 0.499. The zero-order valence-corrected chi connectivity index (χ0v) is 12.9. The van der Waals surface area contributed by atoms with Crippen molar-refractivity contribution >= 4 is 27.9 Å². The zero-order chi connectivity index (χ0) is 16.0. The Hall–Kier alpha value is -2.38. The molecule has 2 heterocycles. The first-order valence-corrected chi connectivity index (χ1v) is 7.75. The van der Waals surface area contributed by atoms with Gasteiger partial charge in [-0.05, 0) is 24.3 Å². The number of nitrogens with zero attached hydrogens (tertiary/aromatic N) is 4. The van der Waals surface area contributed by atoms with Gasteiger partial charge in [0.1, 0.15) is 11.6 Å². The van der Waals surface area contributed by atoms with E-state index in [1.165, 1.54) is 16.6 Å². The van der Waals surface area contributed by atoms with Crippen molar-refractivity contribution in [1.82, 2.24) is 19.8 Å². The van der Waals surface area contributed by atoms with Gasteiger partial charge in [0.05, 0.1) is 5.02 Å². The Morgan fingerprint density at radius 2 is 1.83 bits per heavy atom. The number of hydrogen-bond donors (Lipinski definition) is 0. The van der Waals surface area contributed by atoms with Gasteiger partial charge in [0, 0.05) is 17.2 Å². The summed E-state index contributed by atoms with van der Waals surface area (Å²) in [6, 6.07) is 10.6. The summed E-state index contributed by atoms with van der Waals surface area (Å²) >= 11 is 7.34. The smallest absolute Gasteiger partial charge is 0.207 e. The maximum atomic E-state index is 13.9. The summed E-state index contributed by atoms with van der Waals surface area (Å²) in [5.74, 6) is -0.837. The molecule has 8 heteroatoms. The fraction of sp³-hybridized carbons (Fsp3) is 0. The first-order valence-electron chi connectivity index (χ1n) is 6.56. The highest BCUT2D eigenvalue weighted by atomic mass is 35.5. The third kappa shape index (κ3) is 2.38. The molecule has 4 nitrogen and oxygen atoms in total. The number of halogens is 3. The highest BCUT2D eigenvalue weighted by molar-refractivity contribution is 7.19. The molecule has 0 unspecified atom stereocenters. The van der Waals surface area contributed by atoms with E-state index in [9.17, 15) is 8.78 Å². The van der Waals surface area contributed by atoms with Crippen LogP contribution in [0.3, 0.4) is 0 Å². The van der Waals surface area contributed by atoms with Gasteiger partial charge in [0.2, 0.25) is 4.96 Å². The molecule has 2 aromatic carbocycles. The molecule has 114 valence electrons. The molecular weight excluding hydrogens is 342 g/mol. The number of hydrogen-bond acceptors (Lipinski definition) is 4. The van der Waals surface area contributed by atoms with Crippen LogP contribution in [0.4, 0.5) is 8.78 Å². The molecule has 0 fully saturated rings. The zero-order valence-electron chi connectivity index (χ0n) is 11.4. The molecule has 0 spiro atoms. The van der Waals surface area contributed by atoms with Gasteiger partial charge in [-0.1, -0.05) is 35.1 Å². The Bertz CT molecular complexity index is 1030. The summed E-state index contributed by atoms with van der Waals surface area (Å²) in [6.45, 7) is 0. The normalized spacial score (nSPS) is 11.3. The standard InChI is InChI=1S/C15H7ClF2N4S/c16-11-4-2-1-3-9(11)13-19-20-15-22(13)21-14(23-15)10-6-5-8(17)7-12(10)18/h1-7H. The Morgan fingerprint density at radius 3 is 2.61 bits per heavy atom. The lowest BCUT2D eigenvalue weighted by Crippen LogP contribution is -1.92. The largest absolute Gasteiger partial charge is 0.235 e. The maximum Gasteiger partial charge on any atom is 0.235 e. The van der Waals surface area contributed by atoms with Crippen LogP contribution in [0.5, 0.6) is 0 Å². The minimum Gasteiger partial charge on any atom is -0.207 e. The summed E-state index contributed by atoms with van der Waals surface area (Å²) in [6.07, 6.45) is 0. The van der Waals surface area contributed by atoms with E-state index >= 15 is 0 Å². The van der Waals surface area contributed by atoms with Crippen molar-refractivity contribution in [3.05, 3.63) is 59.1 Å². The number of aromatic nitrogens is 4. The van der Waals surface area contributed by atoms with Crippen LogP contribution in [0.25, 0.3) is 26.9 Å². The van der Waals surface area contributed by atoms with Crippen LogP contribution in [0.2, 0.25) is 5.02 Å². The average Bonchev–Trinajstić information content (AvgIpc) is 3.08. The van der Waals surface area contributed by atoms with Gasteiger partial charge >= 0.3 is 0 Å². The van der Waals surface area contributed by atoms with Crippen molar-refractivity contribution in [2.24, 2.45) is 0 Å². The second-order valence-electron chi connectivity index (χ2n) is 4.73. The minimum atomic E-state index is -0.672. The third-order valence-electron chi connectivity index (χ3n) is 3.27. The molecule has 0 saturated heterocycles. The summed E-state index contributed by atoms with van der Waals surface area (Å²) in [5.41, 5.74) is 0.894. The van der Waals surface area contributed by atoms with Gasteiger partial charge in [0.25, 0.3) is 0 Å². The van der Waals surface area contributed by atoms with E-state index in [1.807, 2.05) is 12.1 Å². The van der Waals surface area contributed by atoms with Crippen LogP contribution < -0.4 is 0 Å². The van der Waals surface area contributed by atoms with E-state index in [0.717, 1.165) is 17.4 Å². The van der Waals surface area contributed by atoms with E-state index < -0.39 is 11.6 Å². The fourth-order valence-corrected chi connectivity index (χ4v) is 3.29. The minimum absolute atomic E-state index is 0.215. The number of rotatable bonds is 2. The van der Waals surface area contributed by atoms with Crippen molar-refractivity contribution in [2.45, 2.75) is 0 Å². The maximum absolute atomic E-state index is 13.9. The van der Waals surface area contributed by atoms with Gasteiger partial charge in [0.15, 0.2) is 10.8 Å². The third-order valence-corrected chi connectivity index (χ3v) is 4.53. The van der Waals surface area contributed by atoms with Crippen LogP contribution in [0.1, 0.15) is 0 Å². The van der Waals surface area contributed by atoms with Gasteiger partial charge < -0.3 is 0 Å². The lowest BCUT2D eigenvalue weighted by molar-refractivity contribution is 0.585. The number of fused-ring (bicyclic) bond motifs is 1. The second-order valence-corrected chi connectivity index (χ2v) is 6.09. The van der Waals surface area contributed by atoms with Gasteiger partial charge in [-0.2, -0.15) is 9.61 Å². The van der Waals surface area contributed by atoms with Crippen molar-refractivity contribution in [3.8, 4) is 22.0 Å². The Morgan fingerprint density at radius 1 is 1.00 bits per heavy atom. The molecule has 0 aliphatic carbocycles. The summed E-state index contributed by atoms with van der Waals surface area (Å²) < 4.78 is 28.5. The van der Waals surface area contributed by atoms with E-state index in [2.05, 4.69) is 15.3 Å². The van der Waals surface area contributed by atoms with E-state index in [4.69, 9.17) is 11.6 Å². The number of benzene rings is 2. The lowest BCUT2D eigenvalue weighted by Gasteiger charge is -2.00. The summed E-state index contributed by atoms with van der Waals surface area (Å²) in [5, 5.41) is 13.4. The van der Waals surface area contributed by atoms with E-state index in [-0.39, 0.29) is 5.56 Å². The Balaban J connectivity index is 1.88. The van der Waals surface area contributed by atoms with Crippen LogP contribution in [-0.2, 0) is 0 Å².